The number of unbranched alkanes of at least 4 members (excludes halogenated alkanes) is 4. The van der Waals surface area contributed by atoms with Gasteiger partial charge in [0, 0.05) is 29.6 Å². The molecule has 0 spiro atoms. The summed E-state index contributed by atoms with van der Waals surface area (Å²) >= 11 is 0. The summed E-state index contributed by atoms with van der Waals surface area (Å²) in [7, 11) is 0. The molecule has 0 saturated carbocycles. The van der Waals surface area contributed by atoms with Crippen LogP contribution in [0.15, 0.2) is 24.3 Å². The molecule has 0 saturated heterocycles. The van der Waals surface area contributed by atoms with Crippen molar-refractivity contribution in [3.05, 3.63) is 35.5 Å². The molecule has 0 aliphatic carbocycles. The van der Waals surface area contributed by atoms with Gasteiger partial charge >= 0.3 is 6.18 Å². The quantitative estimate of drug-likeness (QED) is 0.350. The second-order valence-corrected chi connectivity index (χ2v) is 7.35. The van der Waals surface area contributed by atoms with Crippen molar-refractivity contribution >= 4 is 16.8 Å². The maximum absolute atomic E-state index is 13.9. The van der Waals surface area contributed by atoms with Gasteiger partial charge in [0.1, 0.15) is 6.04 Å². The summed E-state index contributed by atoms with van der Waals surface area (Å²) in [6.45, 7) is 0.797. The number of aromatic nitrogens is 1. The first-order valence-corrected chi connectivity index (χ1v) is 9.75. The van der Waals surface area contributed by atoms with Crippen molar-refractivity contribution in [2.24, 2.45) is 0 Å². The van der Waals surface area contributed by atoms with E-state index in [1.54, 1.807) is 5.48 Å². The number of H-pyrrole nitrogens is 1. The Balaban J connectivity index is 1.58. The highest BCUT2D eigenvalue weighted by Gasteiger charge is 2.48. The Morgan fingerprint density at radius 2 is 1.89 bits per heavy atom. The zero-order chi connectivity index (χ0) is 20.1. The second kappa shape index (κ2) is 8.96. The molecule has 1 unspecified atom stereocenters. The van der Waals surface area contributed by atoms with Crippen LogP contribution in [-0.4, -0.2) is 40.3 Å². The summed E-state index contributed by atoms with van der Waals surface area (Å²) in [5, 5.41) is 9.31. The standard InChI is InChI=1S/C20H26F3N3O2/c21-20(22,23)19-18-15(14-8-5-6-9-16(14)24-18)11-13-26(19)12-7-3-1-2-4-10-17(27)25-28/h5-6,8-9,19,24,28H,1-4,7,10-13H2,(H,25,27). The van der Waals surface area contributed by atoms with Gasteiger partial charge in [-0.3, -0.25) is 14.9 Å². The predicted molar refractivity (Wildman–Crippen MR) is 100 cm³/mol. The molecule has 2 aromatic rings. The lowest BCUT2D eigenvalue weighted by atomic mass is 9.96. The van der Waals surface area contributed by atoms with E-state index in [1.807, 2.05) is 24.3 Å². The number of alkyl halides is 3. The van der Waals surface area contributed by atoms with E-state index in [4.69, 9.17) is 5.21 Å². The van der Waals surface area contributed by atoms with Crippen LogP contribution in [0, 0.1) is 0 Å². The number of aromatic amines is 1. The van der Waals surface area contributed by atoms with Crippen molar-refractivity contribution in [2.45, 2.75) is 57.2 Å². The molecule has 1 amide bonds. The van der Waals surface area contributed by atoms with E-state index in [2.05, 4.69) is 4.98 Å². The van der Waals surface area contributed by atoms with Crippen LogP contribution in [0.4, 0.5) is 13.2 Å². The molecule has 8 heteroatoms. The maximum atomic E-state index is 13.9. The number of nitrogens with zero attached hydrogens (tertiary/aromatic N) is 1. The number of para-hydroxylation sites is 1. The summed E-state index contributed by atoms with van der Waals surface area (Å²) in [5.74, 6) is -0.407. The molecule has 1 atom stereocenters. The molecule has 0 fully saturated rings. The van der Waals surface area contributed by atoms with Crippen molar-refractivity contribution in [3.63, 3.8) is 0 Å². The van der Waals surface area contributed by atoms with Gasteiger partial charge in [-0.1, -0.05) is 37.5 Å². The number of halogens is 3. The Morgan fingerprint density at radius 1 is 1.18 bits per heavy atom. The van der Waals surface area contributed by atoms with Crippen LogP contribution in [0.25, 0.3) is 10.9 Å². The fraction of sp³-hybridized carbons (Fsp3) is 0.550. The van der Waals surface area contributed by atoms with E-state index in [0.29, 0.717) is 32.4 Å². The highest BCUT2D eigenvalue weighted by atomic mass is 19.4. The molecule has 1 aromatic carbocycles. The zero-order valence-corrected chi connectivity index (χ0v) is 15.7. The first-order valence-electron chi connectivity index (χ1n) is 9.75. The molecule has 2 heterocycles. The second-order valence-electron chi connectivity index (χ2n) is 7.35. The molecule has 1 aliphatic heterocycles. The van der Waals surface area contributed by atoms with E-state index in [9.17, 15) is 18.0 Å². The lowest BCUT2D eigenvalue weighted by Gasteiger charge is -2.36. The molecule has 3 rings (SSSR count). The Labute approximate surface area is 161 Å². The van der Waals surface area contributed by atoms with Gasteiger partial charge in [0.05, 0.1) is 0 Å². The molecular weight excluding hydrogens is 371 g/mol. The van der Waals surface area contributed by atoms with E-state index in [0.717, 1.165) is 35.7 Å². The van der Waals surface area contributed by atoms with Crippen LogP contribution in [-0.2, 0) is 11.2 Å². The largest absolute Gasteiger partial charge is 0.409 e. The van der Waals surface area contributed by atoms with E-state index in [1.165, 1.54) is 4.90 Å². The van der Waals surface area contributed by atoms with E-state index in [-0.39, 0.29) is 12.1 Å². The predicted octanol–water partition coefficient (Wildman–Crippen LogP) is 4.48. The number of nitrogens with one attached hydrogen (secondary N) is 2. The van der Waals surface area contributed by atoms with Gasteiger partial charge in [-0.05, 0) is 37.4 Å². The highest BCUT2D eigenvalue weighted by Crippen LogP contribution is 2.43. The highest BCUT2D eigenvalue weighted by molar-refractivity contribution is 5.85. The number of hydrogen-bond donors (Lipinski definition) is 3. The third-order valence-corrected chi connectivity index (χ3v) is 5.42. The maximum Gasteiger partial charge on any atom is 0.409 e. The summed E-state index contributed by atoms with van der Waals surface area (Å²) in [4.78, 5) is 15.5. The fourth-order valence-corrected chi connectivity index (χ4v) is 4.09. The first kappa shape index (κ1) is 20.7. The number of hydrogen-bond acceptors (Lipinski definition) is 3. The topological polar surface area (TPSA) is 68.4 Å². The number of hydroxylamine groups is 1. The molecule has 1 aromatic heterocycles. The van der Waals surface area contributed by atoms with Gasteiger partial charge in [-0.25, -0.2) is 5.48 Å². The van der Waals surface area contributed by atoms with Gasteiger partial charge < -0.3 is 4.98 Å². The lowest BCUT2D eigenvalue weighted by molar-refractivity contribution is -0.190. The average molecular weight is 397 g/mol. The fourth-order valence-electron chi connectivity index (χ4n) is 4.09. The summed E-state index contributed by atoms with van der Waals surface area (Å²) in [5.41, 5.74) is 3.43. The van der Waals surface area contributed by atoms with Gasteiger partial charge in [-0.2, -0.15) is 13.2 Å². The molecule has 154 valence electrons. The van der Waals surface area contributed by atoms with Crippen LogP contribution in [0.1, 0.15) is 55.8 Å². The summed E-state index contributed by atoms with van der Waals surface area (Å²) in [6, 6.07) is 5.80. The normalized spacial score (nSPS) is 17.6. The minimum absolute atomic E-state index is 0.266. The number of fused-ring (bicyclic) bond motifs is 3. The average Bonchev–Trinajstić information content (AvgIpc) is 3.04. The Bertz CT molecular complexity index is 804. The van der Waals surface area contributed by atoms with Crippen LogP contribution >= 0.6 is 0 Å². The van der Waals surface area contributed by atoms with Crippen molar-refractivity contribution in [1.29, 1.82) is 0 Å². The number of benzene rings is 1. The van der Waals surface area contributed by atoms with Gasteiger partial charge in [0.2, 0.25) is 5.91 Å². The smallest absolute Gasteiger partial charge is 0.357 e. The van der Waals surface area contributed by atoms with E-state index < -0.39 is 18.1 Å². The monoisotopic (exact) mass is 397 g/mol. The number of carbonyl (C=O) groups is 1. The van der Waals surface area contributed by atoms with Crippen molar-refractivity contribution < 1.29 is 23.2 Å². The number of carbonyl (C=O) groups excluding carboxylic acids is 1. The van der Waals surface area contributed by atoms with E-state index >= 15 is 0 Å². The Hall–Kier alpha value is -2.06. The molecule has 0 bridgehead atoms. The van der Waals surface area contributed by atoms with Crippen molar-refractivity contribution in [3.8, 4) is 0 Å². The van der Waals surface area contributed by atoms with Crippen LogP contribution < -0.4 is 5.48 Å². The third-order valence-electron chi connectivity index (χ3n) is 5.42. The minimum atomic E-state index is -4.33. The van der Waals surface area contributed by atoms with Gasteiger partial charge in [-0.15, -0.1) is 0 Å². The van der Waals surface area contributed by atoms with Gasteiger partial charge in [0.15, 0.2) is 0 Å². The number of rotatable bonds is 8. The van der Waals surface area contributed by atoms with Crippen LogP contribution in [0.2, 0.25) is 0 Å². The van der Waals surface area contributed by atoms with Crippen molar-refractivity contribution in [1.82, 2.24) is 15.4 Å². The summed E-state index contributed by atoms with van der Waals surface area (Å²) < 4.78 is 41.6. The Kier molecular flexibility index (Phi) is 6.61. The van der Waals surface area contributed by atoms with Crippen LogP contribution in [0.3, 0.4) is 0 Å². The third kappa shape index (κ3) is 4.67. The first-order chi connectivity index (χ1) is 13.4. The molecule has 28 heavy (non-hydrogen) atoms. The zero-order valence-electron chi connectivity index (χ0n) is 15.7. The van der Waals surface area contributed by atoms with Crippen molar-refractivity contribution in [2.75, 3.05) is 13.1 Å². The SMILES string of the molecule is O=C(CCCCCCCN1CCc2c([nH]c3ccccc23)C1C(F)(F)F)NO. The molecule has 1 aliphatic rings. The molecule has 5 nitrogen and oxygen atoms in total. The van der Waals surface area contributed by atoms with Crippen LogP contribution in [0.5, 0.6) is 0 Å². The molecule has 3 N–H and O–H groups in total. The molecule has 0 radical (unpaired) electrons. The molecular formula is C20H26F3N3O2. The van der Waals surface area contributed by atoms with Gasteiger partial charge in [0.25, 0.3) is 0 Å². The summed E-state index contributed by atoms with van der Waals surface area (Å²) in [6.07, 6.45) is 0.413. The minimum Gasteiger partial charge on any atom is -0.357 e. The Morgan fingerprint density at radius 3 is 2.64 bits per heavy atom. The number of amides is 1. The lowest BCUT2D eigenvalue weighted by Crippen LogP contribution is -2.43.